The Labute approximate surface area is 161 Å². The summed E-state index contributed by atoms with van der Waals surface area (Å²) < 4.78 is 10.4. The molecule has 7 heteroatoms. The summed E-state index contributed by atoms with van der Waals surface area (Å²) in [6.45, 7) is 5.41. The fraction of sp³-hybridized carbons (Fsp3) is 0.579. The Morgan fingerprint density at radius 2 is 1.96 bits per heavy atom. The molecule has 1 fully saturated rings. The van der Waals surface area contributed by atoms with E-state index in [1.54, 1.807) is 0 Å². The number of carbonyl (C=O) groups is 2. The van der Waals surface area contributed by atoms with Crippen molar-refractivity contribution in [2.45, 2.75) is 39.2 Å². The monoisotopic (exact) mass is 383 g/mol. The number of rotatable bonds is 9. The number of hydrogen-bond acceptors (Lipinski definition) is 5. The van der Waals surface area contributed by atoms with Crippen molar-refractivity contribution in [2.75, 3.05) is 32.8 Å². The lowest BCUT2D eigenvalue weighted by atomic mass is 10.1. The van der Waals surface area contributed by atoms with Gasteiger partial charge >= 0.3 is 5.97 Å². The van der Waals surface area contributed by atoms with Gasteiger partial charge in [-0.3, -0.25) is 14.5 Å². The van der Waals surface area contributed by atoms with Crippen molar-refractivity contribution in [1.82, 2.24) is 10.2 Å². The van der Waals surface area contributed by atoms with Gasteiger partial charge in [0.15, 0.2) is 6.61 Å². The van der Waals surface area contributed by atoms with Gasteiger partial charge in [-0.15, -0.1) is 0 Å². The molecule has 1 heterocycles. The standard InChI is InChI=1S/C19H28N2O4.ClH/c1-16(22)25-15-19(23)20-9-6-12-24-18-8-5-7-17(13-18)14-21-10-3-2-4-11-21;/h5,7-8,13H,2-4,6,9-12,14-15H2,1H3,(H,20,23);1H/p-1. The van der Waals surface area contributed by atoms with E-state index in [0.717, 1.165) is 12.3 Å². The van der Waals surface area contributed by atoms with Gasteiger partial charge < -0.3 is 27.2 Å². The summed E-state index contributed by atoms with van der Waals surface area (Å²) >= 11 is 0. The maximum Gasteiger partial charge on any atom is 0.303 e. The number of carbonyl (C=O) groups excluding carboxylic acids is 2. The van der Waals surface area contributed by atoms with E-state index in [2.05, 4.69) is 27.1 Å². The average molecular weight is 384 g/mol. The summed E-state index contributed by atoms with van der Waals surface area (Å²) in [4.78, 5) is 24.5. The number of likely N-dealkylation sites (tertiary alicyclic amines) is 1. The quantitative estimate of drug-likeness (QED) is 0.443. The summed E-state index contributed by atoms with van der Waals surface area (Å²) in [7, 11) is 0. The molecule has 26 heavy (non-hydrogen) atoms. The number of nitrogens with zero attached hydrogens (tertiary/aromatic N) is 1. The summed E-state index contributed by atoms with van der Waals surface area (Å²) in [5.41, 5.74) is 1.27. The van der Waals surface area contributed by atoms with Gasteiger partial charge in [0.25, 0.3) is 5.91 Å². The Bertz CT molecular complexity index is 562. The van der Waals surface area contributed by atoms with Crippen LogP contribution >= 0.6 is 0 Å². The number of amides is 1. The van der Waals surface area contributed by atoms with E-state index in [9.17, 15) is 9.59 Å². The molecule has 1 amide bonds. The van der Waals surface area contributed by atoms with Gasteiger partial charge in [0.2, 0.25) is 0 Å². The number of nitrogens with one attached hydrogen (secondary N) is 1. The molecule has 0 bridgehead atoms. The highest BCUT2D eigenvalue weighted by Crippen LogP contribution is 2.17. The van der Waals surface area contributed by atoms with Crippen LogP contribution in [-0.2, 0) is 20.9 Å². The minimum Gasteiger partial charge on any atom is -1.00 e. The first-order chi connectivity index (χ1) is 12.1. The molecule has 1 aliphatic rings. The maximum atomic E-state index is 11.4. The summed E-state index contributed by atoms with van der Waals surface area (Å²) in [6, 6.07) is 8.21. The van der Waals surface area contributed by atoms with Crippen molar-refractivity contribution in [3.63, 3.8) is 0 Å². The van der Waals surface area contributed by atoms with Crippen LogP contribution in [0.2, 0.25) is 0 Å². The first-order valence-corrected chi connectivity index (χ1v) is 8.97. The topological polar surface area (TPSA) is 67.9 Å². The molecular weight excluding hydrogens is 356 g/mol. The van der Waals surface area contributed by atoms with Gasteiger partial charge in [0.1, 0.15) is 5.75 Å². The lowest BCUT2D eigenvalue weighted by Crippen LogP contribution is -3.00. The molecule has 1 aromatic rings. The Morgan fingerprint density at radius 3 is 2.69 bits per heavy atom. The number of benzene rings is 1. The highest BCUT2D eigenvalue weighted by molar-refractivity contribution is 5.79. The third kappa shape index (κ3) is 9.06. The van der Waals surface area contributed by atoms with Gasteiger partial charge in [0, 0.05) is 20.0 Å². The first kappa shape index (κ1) is 22.3. The summed E-state index contributed by atoms with van der Waals surface area (Å²) in [6.07, 6.45) is 4.62. The highest BCUT2D eigenvalue weighted by Gasteiger charge is 2.10. The molecule has 0 atom stereocenters. The zero-order valence-corrected chi connectivity index (χ0v) is 16.1. The Kier molecular flexibility index (Phi) is 10.7. The van der Waals surface area contributed by atoms with Crippen LogP contribution in [0, 0.1) is 0 Å². The normalized spacial score (nSPS) is 14.2. The van der Waals surface area contributed by atoms with Crippen LogP contribution in [0.3, 0.4) is 0 Å². The molecule has 0 radical (unpaired) electrons. The Balaban J connectivity index is 0.00000338. The maximum absolute atomic E-state index is 11.4. The molecule has 0 aromatic heterocycles. The van der Waals surface area contributed by atoms with E-state index in [-0.39, 0.29) is 24.9 Å². The number of ether oxygens (including phenoxy) is 2. The van der Waals surface area contributed by atoms with Gasteiger partial charge in [-0.1, -0.05) is 18.6 Å². The van der Waals surface area contributed by atoms with E-state index in [4.69, 9.17) is 4.74 Å². The Hall–Kier alpha value is -1.79. The van der Waals surface area contributed by atoms with Crippen LogP contribution in [0.25, 0.3) is 0 Å². The predicted molar refractivity (Wildman–Crippen MR) is 95.3 cm³/mol. The van der Waals surface area contributed by atoms with E-state index in [1.807, 2.05) is 12.1 Å². The van der Waals surface area contributed by atoms with Gasteiger partial charge in [-0.2, -0.15) is 0 Å². The van der Waals surface area contributed by atoms with E-state index >= 15 is 0 Å². The summed E-state index contributed by atoms with van der Waals surface area (Å²) in [5, 5.41) is 2.69. The van der Waals surface area contributed by atoms with E-state index in [1.165, 1.54) is 44.8 Å². The molecule has 0 spiro atoms. The van der Waals surface area contributed by atoms with Crippen LogP contribution in [0.15, 0.2) is 24.3 Å². The van der Waals surface area contributed by atoms with Crippen molar-refractivity contribution < 1.29 is 31.5 Å². The minimum absolute atomic E-state index is 0. The molecule has 1 aromatic carbocycles. The second kappa shape index (κ2) is 12.5. The third-order valence-electron chi connectivity index (χ3n) is 4.07. The highest BCUT2D eigenvalue weighted by atomic mass is 35.5. The molecule has 0 aliphatic carbocycles. The number of halogens is 1. The van der Waals surface area contributed by atoms with Crippen molar-refractivity contribution in [1.29, 1.82) is 0 Å². The van der Waals surface area contributed by atoms with E-state index < -0.39 is 5.97 Å². The van der Waals surface area contributed by atoms with Gasteiger partial charge in [0.05, 0.1) is 6.61 Å². The molecule has 0 saturated carbocycles. The smallest absolute Gasteiger partial charge is 0.303 e. The fourth-order valence-corrected chi connectivity index (χ4v) is 2.82. The third-order valence-corrected chi connectivity index (χ3v) is 4.07. The second-order valence-corrected chi connectivity index (χ2v) is 6.32. The predicted octanol–water partition coefficient (Wildman–Crippen LogP) is -0.875. The molecule has 1 saturated heterocycles. The van der Waals surface area contributed by atoms with Crippen LogP contribution < -0.4 is 22.5 Å². The molecule has 1 N–H and O–H groups in total. The number of esters is 1. The molecular formula is C19H28ClN2O4-. The molecule has 6 nitrogen and oxygen atoms in total. The molecule has 1 aliphatic heterocycles. The van der Waals surface area contributed by atoms with Crippen LogP contribution in [-0.4, -0.2) is 49.6 Å². The Morgan fingerprint density at radius 1 is 1.19 bits per heavy atom. The molecule has 0 unspecified atom stereocenters. The number of hydrogen-bond donors (Lipinski definition) is 1. The number of piperidine rings is 1. The average Bonchev–Trinajstić information content (AvgIpc) is 2.61. The lowest BCUT2D eigenvalue weighted by Gasteiger charge is -2.26. The van der Waals surface area contributed by atoms with Crippen LogP contribution in [0.4, 0.5) is 0 Å². The van der Waals surface area contributed by atoms with E-state index in [0.29, 0.717) is 19.6 Å². The molecule has 146 valence electrons. The van der Waals surface area contributed by atoms with Crippen molar-refractivity contribution >= 4 is 11.9 Å². The second-order valence-electron chi connectivity index (χ2n) is 6.32. The van der Waals surface area contributed by atoms with Crippen molar-refractivity contribution in [3.05, 3.63) is 29.8 Å². The zero-order valence-electron chi connectivity index (χ0n) is 15.3. The van der Waals surface area contributed by atoms with Crippen molar-refractivity contribution in [3.8, 4) is 5.75 Å². The van der Waals surface area contributed by atoms with Gasteiger partial charge in [-0.25, -0.2) is 0 Å². The lowest BCUT2D eigenvalue weighted by molar-refractivity contribution is -0.146. The van der Waals surface area contributed by atoms with Crippen LogP contribution in [0.5, 0.6) is 5.75 Å². The first-order valence-electron chi connectivity index (χ1n) is 8.97. The minimum atomic E-state index is -0.456. The summed E-state index contributed by atoms with van der Waals surface area (Å²) in [5.74, 6) is 0.113. The van der Waals surface area contributed by atoms with Gasteiger partial charge in [-0.05, 0) is 50.0 Å². The molecule has 2 rings (SSSR count). The van der Waals surface area contributed by atoms with Crippen LogP contribution in [0.1, 0.15) is 38.2 Å². The fourth-order valence-electron chi connectivity index (χ4n) is 2.82. The zero-order chi connectivity index (χ0) is 17.9. The SMILES string of the molecule is CC(=O)OCC(=O)NCCCOc1cccc(CN2CCCCC2)c1.[Cl-]. The van der Waals surface area contributed by atoms with Crippen molar-refractivity contribution in [2.24, 2.45) is 0 Å². The largest absolute Gasteiger partial charge is 1.00 e.